The molecule has 6 aromatic rings. The first-order valence-electron chi connectivity index (χ1n) is 11.8. The second-order valence-electron chi connectivity index (χ2n) is 8.40. The fourth-order valence-corrected chi connectivity index (χ4v) is 4.07. The van der Waals surface area contributed by atoms with Gasteiger partial charge in [0.05, 0.1) is 0 Å². The quantitative estimate of drug-likeness (QED) is 0.220. The standard InChI is InChI=1S/C31H21N5O/c32-29(36-30(22-11-5-2-6-12-22)34-20-21-9-3-1-4-10-21)24-14-16-25-23(19-24)15-17-27-28(25)35-31(37-27)26-13-7-8-18-33-26/h1-20,32H. The second kappa shape index (κ2) is 9.79. The molecule has 37 heavy (non-hydrogen) atoms. The van der Waals surface area contributed by atoms with E-state index in [-0.39, 0.29) is 5.84 Å². The second-order valence-corrected chi connectivity index (χ2v) is 8.40. The lowest BCUT2D eigenvalue weighted by Gasteiger charge is -2.05. The molecule has 0 fully saturated rings. The van der Waals surface area contributed by atoms with E-state index in [1.807, 2.05) is 109 Å². The van der Waals surface area contributed by atoms with E-state index < -0.39 is 0 Å². The summed E-state index contributed by atoms with van der Waals surface area (Å²) in [5, 5.41) is 10.6. The summed E-state index contributed by atoms with van der Waals surface area (Å²) in [6, 6.07) is 34.8. The maximum atomic E-state index is 8.74. The Morgan fingerprint density at radius 1 is 0.784 bits per heavy atom. The fraction of sp³-hybridized carbons (Fsp3) is 0. The van der Waals surface area contributed by atoms with E-state index in [2.05, 4.69) is 15.0 Å². The number of amidine groups is 2. The van der Waals surface area contributed by atoms with Crippen molar-refractivity contribution in [1.29, 1.82) is 5.41 Å². The van der Waals surface area contributed by atoms with Gasteiger partial charge in [-0.15, -0.1) is 0 Å². The molecule has 6 rings (SSSR count). The molecule has 6 heteroatoms. The first-order valence-corrected chi connectivity index (χ1v) is 11.8. The molecule has 0 aliphatic rings. The minimum Gasteiger partial charge on any atom is -0.435 e. The number of nitrogens with one attached hydrogen (secondary N) is 1. The van der Waals surface area contributed by atoms with Crippen LogP contribution in [0.15, 0.2) is 130 Å². The first-order chi connectivity index (χ1) is 18.2. The van der Waals surface area contributed by atoms with E-state index in [1.165, 1.54) is 0 Å². The molecule has 0 spiro atoms. The number of benzene rings is 4. The Balaban J connectivity index is 1.37. The number of aliphatic imine (C=N–C) groups is 2. The van der Waals surface area contributed by atoms with Crippen LogP contribution in [0.3, 0.4) is 0 Å². The third-order valence-electron chi connectivity index (χ3n) is 5.92. The van der Waals surface area contributed by atoms with Gasteiger partial charge in [-0.05, 0) is 35.2 Å². The molecular formula is C31H21N5O. The van der Waals surface area contributed by atoms with Crippen LogP contribution < -0.4 is 0 Å². The smallest absolute Gasteiger partial charge is 0.246 e. The van der Waals surface area contributed by atoms with Crippen LogP contribution in [0.2, 0.25) is 0 Å². The van der Waals surface area contributed by atoms with E-state index in [4.69, 9.17) is 14.8 Å². The van der Waals surface area contributed by atoms with Crippen LogP contribution in [-0.2, 0) is 0 Å². The van der Waals surface area contributed by atoms with Gasteiger partial charge in [0, 0.05) is 28.9 Å². The number of pyridine rings is 1. The lowest BCUT2D eigenvalue weighted by Crippen LogP contribution is -2.04. The summed E-state index contributed by atoms with van der Waals surface area (Å²) in [5.74, 6) is 1.08. The molecule has 176 valence electrons. The van der Waals surface area contributed by atoms with Gasteiger partial charge in [-0.3, -0.25) is 10.4 Å². The molecule has 0 bridgehead atoms. The number of nitrogens with zero attached hydrogens (tertiary/aromatic N) is 4. The van der Waals surface area contributed by atoms with Crippen molar-refractivity contribution in [3.05, 3.63) is 132 Å². The van der Waals surface area contributed by atoms with Crippen molar-refractivity contribution in [3.63, 3.8) is 0 Å². The predicted octanol–water partition coefficient (Wildman–Crippen LogP) is 6.93. The Bertz CT molecular complexity index is 1770. The van der Waals surface area contributed by atoms with E-state index >= 15 is 0 Å². The topological polar surface area (TPSA) is 87.5 Å². The summed E-state index contributed by atoms with van der Waals surface area (Å²) >= 11 is 0. The summed E-state index contributed by atoms with van der Waals surface area (Å²) < 4.78 is 5.95. The van der Waals surface area contributed by atoms with Crippen molar-refractivity contribution in [3.8, 4) is 11.6 Å². The average molecular weight is 480 g/mol. The largest absolute Gasteiger partial charge is 0.435 e. The van der Waals surface area contributed by atoms with Gasteiger partial charge in [0.2, 0.25) is 5.89 Å². The van der Waals surface area contributed by atoms with Gasteiger partial charge in [-0.2, -0.15) is 0 Å². The third kappa shape index (κ3) is 4.68. The highest BCUT2D eigenvalue weighted by molar-refractivity contribution is 6.14. The maximum Gasteiger partial charge on any atom is 0.246 e. The number of rotatable bonds is 4. The van der Waals surface area contributed by atoms with Crippen LogP contribution in [0.5, 0.6) is 0 Å². The van der Waals surface area contributed by atoms with E-state index in [9.17, 15) is 0 Å². The van der Waals surface area contributed by atoms with Gasteiger partial charge in [-0.1, -0.05) is 84.9 Å². The lowest BCUT2D eigenvalue weighted by molar-refractivity contribution is 0.617. The van der Waals surface area contributed by atoms with Gasteiger partial charge in [0.1, 0.15) is 11.2 Å². The zero-order valence-corrected chi connectivity index (χ0v) is 19.7. The van der Waals surface area contributed by atoms with Crippen molar-refractivity contribution in [1.82, 2.24) is 9.97 Å². The van der Waals surface area contributed by atoms with Crippen LogP contribution in [0.4, 0.5) is 0 Å². The monoisotopic (exact) mass is 479 g/mol. The highest BCUT2D eigenvalue weighted by Gasteiger charge is 2.13. The van der Waals surface area contributed by atoms with E-state index in [1.54, 1.807) is 12.4 Å². The minimum absolute atomic E-state index is 0.125. The van der Waals surface area contributed by atoms with Crippen LogP contribution >= 0.6 is 0 Å². The zero-order valence-electron chi connectivity index (χ0n) is 19.7. The highest BCUT2D eigenvalue weighted by atomic mass is 16.3. The highest BCUT2D eigenvalue weighted by Crippen LogP contribution is 2.29. The minimum atomic E-state index is 0.125. The Hall–Kier alpha value is -5.23. The van der Waals surface area contributed by atoms with Gasteiger partial charge in [0.25, 0.3) is 0 Å². The molecule has 0 unspecified atom stereocenters. The molecule has 0 radical (unpaired) electrons. The number of hydrogen-bond acceptors (Lipinski definition) is 4. The van der Waals surface area contributed by atoms with Crippen molar-refractivity contribution < 1.29 is 4.42 Å². The molecule has 0 saturated carbocycles. The average Bonchev–Trinajstić information content (AvgIpc) is 3.41. The Kier molecular flexibility index (Phi) is 5.89. The summed E-state index contributed by atoms with van der Waals surface area (Å²) in [6.07, 6.45) is 3.48. The Morgan fingerprint density at radius 2 is 1.57 bits per heavy atom. The van der Waals surface area contributed by atoms with Crippen molar-refractivity contribution in [2.45, 2.75) is 0 Å². The number of oxazole rings is 1. The maximum absolute atomic E-state index is 8.74. The summed E-state index contributed by atoms with van der Waals surface area (Å²) in [5.41, 5.74) is 4.62. The lowest BCUT2D eigenvalue weighted by atomic mass is 10.1. The molecule has 0 aliphatic heterocycles. The van der Waals surface area contributed by atoms with Crippen LogP contribution in [0.1, 0.15) is 16.7 Å². The van der Waals surface area contributed by atoms with E-state index in [0.717, 1.165) is 27.4 Å². The molecule has 1 N–H and O–H groups in total. The fourth-order valence-electron chi connectivity index (χ4n) is 4.07. The molecule has 0 aliphatic carbocycles. The molecule has 2 heterocycles. The SMILES string of the molecule is N=C(N=C(N=Cc1ccccc1)c1ccccc1)c1ccc2c(ccc3oc(-c4ccccn4)nc32)c1. The molecule has 6 nitrogen and oxygen atoms in total. The van der Waals surface area contributed by atoms with Gasteiger partial charge < -0.3 is 4.42 Å². The van der Waals surface area contributed by atoms with Crippen molar-refractivity contribution in [2.24, 2.45) is 9.98 Å². The van der Waals surface area contributed by atoms with Crippen molar-refractivity contribution in [2.75, 3.05) is 0 Å². The molecule has 0 saturated heterocycles. The first kappa shape index (κ1) is 22.2. The predicted molar refractivity (Wildman–Crippen MR) is 149 cm³/mol. The van der Waals surface area contributed by atoms with Gasteiger partial charge in [0.15, 0.2) is 17.3 Å². The summed E-state index contributed by atoms with van der Waals surface area (Å²) in [4.78, 5) is 18.3. The number of fused-ring (bicyclic) bond motifs is 3. The van der Waals surface area contributed by atoms with Crippen molar-refractivity contribution >= 4 is 39.8 Å². The van der Waals surface area contributed by atoms with Gasteiger partial charge in [-0.25, -0.2) is 15.0 Å². The van der Waals surface area contributed by atoms with Gasteiger partial charge >= 0.3 is 0 Å². The normalized spacial score (nSPS) is 11.9. The molecule has 0 amide bonds. The number of hydrogen-bond donors (Lipinski definition) is 1. The Morgan fingerprint density at radius 3 is 2.35 bits per heavy atom. The van der Waals surface area contributed by atoms with Crippen LogP contribution in [0, 0.1) is 5.41 Å². The summed E-state index contributed by atoms with van der Waals surface area (Å²) in [7, 11) is 0. The summed E-state index contributed by atoms with van der Waals surface area (Å²) in [6.45, 7) is 0. The van der Waals surface area contributed by atoms with Crippen LogP contribution in [0.25, 0.3) is 33.5 Å². The number of aromatic nitrogens is 2. The zero-order chi connectivity index (χ0) is 25.0. The molecule has 4 aromatic carbocycles. The van der Waals surface area contributed by atoms with E-state index in [0.29, 0.717) is 28.6 Å². The molecule has 2 aromatic heterocycles. The molecule has 0 atom stereocenters. The van der Waals surface area contributed by atoms with Crippen LogP contribution in [-0.4, -0.2) is 27.9 Å². The Labute approximate surface area is 213 Å². The molecular weight excluding hydrogens is 458 g/mol. The third-order valence-corrected chi connectivity index (χ3v) is 5.92.